The molecule has 1 fully saturated rings. The molecule has 0 heterocycles. The molecule has 22 heavy (non-hydrogen) atoms. The maximum absolute atomic E-state index is 11.4. The average molecular weight is 303 g/mol. The molecule has 0 bridgehead atoms. The van der Waals surface area contributed by atoms with Crippen LogP contribution in [-0.2, 0) is 22.4 Å². The summed E-state index contributed by atoms with van der Waals surface area (Å²) in [5.74, 6) is 1.46. The van der Waals surface area contributed by atoms with E-state index < -0.39 is 0 Å². The van der Waals surface area contributed by atoms with E-state index in [9.17, 15) is 4.79 Å². The van der Waals surface area contributed by atoms with Crippen LogP contribution < -0.4 is 5.73 Å². The molecule has 0 atom stereocenters. The second kappa shape index (κ2) is 8.94. The molecular weight excluding hydrogens is 274 g/mol. The van der Waals surface area contributed by atoms with Crippen LogP contribution in [0.4, 0.5) is 0 Å². The van der Waals surface area contributed by atoms with Gasteiger partial charge in [-0.2, -0.15) is 0 Å². The zero-order valence-corrected chi connectivity index (χ0v) is 13.7. The number of carbonyl (C=O) groups is 1. The lowest BCUT2D eigenvalue weighted by atomic mass is 9.79. The number of esters is 1. The Kier molecular flexibility index (Phi) is 6.91. The third-order valence-corrected chi connectivity index (χ3v) is 4.77. The topological polar surface area (TPSA) is 52.3 Å². The lowest BCUT2D eigenvalue weighted by Gasteiger charge is -2.27. The van der Waals surface area contributed by atoms with Gasteiger partial charge in [-0.3, -0.25) is 4.79 Å². The van der Waals surface area contributed by atoms with Gasteiger partial charge in [0, 0.05) is 6.42 Å². The van der Waals surface area contributed by atoms with E-state index in [1.54, 1.807) is 0 Å². The lowest BCUT2D eigenvalue weighted by molar-refractivity contribution is -0.143. The highest BCUT2D eigenvalue weighted by atomic mass is 16.5. The van der Waals surface area contributed by atoms with E-state index in [4.69, 9.17) is 10.5 Å². The maximum Gasteiger partial charge on any atom is 0.306 e. The quantitative estimate of drug-likeness (QED) is 0.784. The zero-order valence-electron chi connectivity index (χ0n) is 13.7. The van der Waals surface area contributed by atoms with Crippen LogP contribution >= 0.6 is 0 Å². The van der Waals surface area contributed by atoms with E-state index in [1.807, 2.05) is 6.92 Å². The molecule has 0 spiro atoms. The third kappa shape index (κ3) is 5.45. The van der Waals surface area contributed by atoms with Gasteiger partial charge in [-0.25, -0.2) is 0 Å². The van der Waals surface area contributed by atoms with Crippen molar-refractivity contribution in [2.75, 3.05) is 13.2 Å². The number of nitrogens with two attached hydrogens (primary N) is 1. The fourth-order valence-electron chi connectivity index (χ4n) is 3.33. The summed E-state index contributed by atoms with van der Waals surface area (Å²) in [5.41, 5.74) is 8.38. The minimum absolute atomic E-state index is 0.108. The second-order valence-electron chi connectivity index (χ2n) is 6.45. The zero-order chi connectivity index (χ0) is 15.8. The normalized spacial score (nSPS) is 21.5. The number of aryl methyl sites for hydroxylation is 1. The van der Waals surface area contributed by atoms with Gasteiger partial charge in [-0.1, -0.05) is 24.3 Å². The number of rotatable bonds is 7. The van der Waals surface area contributed by atoms with Gasteiger partial charge in [0.2, 0.25) is 0 Å². The molecule has 1 saturated carbocycles. The number of carbonyl (C=O) groups excluding carboxylic acids is 1. The van der Waals surface area contributed by atoms with Crippen LogP contribution in [0.2, 0.25) is 0 Å². The highest BCUT2D eigenvalue weighted by Crippen LogP contribution is 2.30. The molecule has 0 unspecified atom stereocenters. The Morgan fingerprint density at radius 1 is 1.09 bits per heavy atom. The van der Waals surface area contributed by atoms with Crippen molar-refractivity contribution in [1.29, 1.82) is 0 Å². The van der Waals surface area contributed by atoms with Gasteiger partial charge in [0.1, 0.15) is 0 Å². The van der Waals surface area contributed by atoms with Gasteiger partial charge in [0.05, 0.1) is 6.61 Å². The summed E-state index contributed by atoms with van der Waals surface area (Å²) >= 11 is 0. The monoisotopic (exact) mass is 303 g/mol. The van der Waals surface area contributed by atoms with Crippen molar-refractivity contribution in [3.05, 3.63) is 35.4 Å². The Bertz CT molecular complexity index is 447. The van der Waals surface area contributed by atoms with Gasteiger partial charge in [0.15, 0.2) is 0 Å². The first-order valence-corrected chi connectivity index (χ1v) is 8.64. The molecule has 122 valence electrons. The van der Waals surface area contributed by atoms with Gasteiger partial charge >= 0.3 is 5.97 Å². The first-order chi connectivity index (χ1) is 10.7. The number of ether oxygens (including phenoxy) is 1. The number of benzene rings is 1. The molecule has 0 aliphatic heterocycles. The van der Waals surface area contributed by atoms with Crippen LogP contribution in [0, 0.1) is 11.8 Å². The molecule has 1 aromatic rings. The molecule has 0 radical (unpaired) electrons. The first-order valence-electron chi connectivity index (χ1n) is 8.64. The molecule has 0 amide bonds. The van der Waals surface area contributed by atoms with Crippen LogP contribution in [0.15, 0.2) is 24.3 Å². The van der Waals surface area contributed by atoms with Gasteiger partial charge in [0.25, 0.3) is 0 Å². The SMILES string of the molecule is CCOC(=O)CCc1ccc(CC2CCC(CN)CC2)cc1. The average Bonchev–Trinajstić information content (AvgIpc) is 2.55. The smallest absolute Gasteiger partial charge is 0.306 e. The summed E-state index contributed by atoms with van der Waals surface area (Å²) in [6, 6.07) is 8.74. The van der Waals surface area contributed by atoms with Crippen molar-refractivity contribution in [3.8, 4) is 0 Å². The van der Waals surface area contributed by atoms with Gasteiger partial charge in [-0.15, -0.1) is 0 Å². The molecule has 1 aliphatic rings. The van der Waals surface area contributed by atoms with Crippen LogP contribution in [-0.4, -0.2) is 19.1 Å². The van der Waals surface area contributed by atoms with Crippen molar-refractivity contribution >= 4 is 5.97 Å². The Balaban J connectivity index is 1.76. The summed E-state index contributed by atoms with van der Waals surface area (Å²) < 4.78 is 4.96. The fourth-order valence-corrected chi connectivity index (χ4v) is 3.33. The summed E-state index contributed by atoms with van der Waals surface area (Å²) in [4.78, 5) is 11.4. The minimum Gasteiger partial charge on any atom is -0.466 e. The number of hydrogen-bond acceptors (Lipinski definition) is 3. The van der Waals surface area contributed by atoms with Crippen LogP contribution in [0.25, 0.3) is 0 Å². The predicted octanol–water partition coefficient (Wildman–Crippen LogP) is 3.49. The summed E-state index contributed by atoms with van der Waals surface area (Å²) in [5, 5.41) is 0. The van der Waals surface area contributed by atoms with E-state index in [2.05, 4.69) is 24.3 Å². The van der Waals surface area contributed by atoms with Crippen LogP contribution in [0.1, 0.15) is 50.2 Å². The highest BCUT2D eigenvalue weighted by Gasteiger charge is 2.20. The van der Waals surface area contributed by atoms with E-state index in [0.29, 0.717) is 13.0 Å². The Morgan fingerprint density at radius 2 is 1.68 bits per heavy atom. The first kappa shape index (κ1) is 17.0. The second-order valence-corrected chi connectivity index (χ2v) is 6.45. The minimum atomic E-state index is -0.108. The lowest BCUT2D eigenvalue weighted by Crippen LogP contribution is -2.22. The van der Waals surface area contributed by atoms with Crippen molar-refractivity contribution in [3.63, 3.8) is 0 Å². The molecule has 3 nitrogen and oxygen atoms in total. The van der Waals surface area contributed by atoms with Gasteiger partial charge in [-0.05, 0) is 75.0 Å². The summed E-state index contributed by atoms with van der Waals surface area (Å²) in [7, 11) is 0. The predicted molar refractivity (Wildman–Crippen MR) is 89.6 cm³/mol. The fraction of sp³-hybridized carbons (Fsp3) is 0.632. The van der Waals surface area contributed by atoms with Gasteiger partial charge < -0.3 is 10.5 Å². The van der Waals surface area contributed by atoms with E-state index in [-0.39, 0.29) is 5.97 Å². The van der Waals surface area contributed by atoms with Crippen molar-refractivity contribution in [1.82, 2.24) is 0 Å². The molecular formula is C19H29NO2. The van der Waals surface area contributed by atoms with Crippen molar-refractivity contribution in [2.45, 2.75) is 51.9 Å². The summed E-state index contributed by atoms with van der Waals surface area (Å²) in [6.07, 6.45) is 7.61. The molecule has 2 N–H and O–H groups in total. The number of hydrogen-bond donors (Lipinski definition) is 1. The standard InChI is InChI=1S/C19H29NO2/c1-2-22-19(21)12-11-15-3-5-16(6-4-15)13-17-7-9-18(14-20)10-8-17/h3-6,17-18H,2,7-14,20H2,1H3. The summed E-state index contributed by atoms with van der Waals surface area (Å²) in [6.45, 7) is 3.15. The molecule has 0 aromatic heterocycles. The van der Waals surface area contributed by atoms with E-state index in [1.165, 1.54) is 43.2 Å². The van der Waals surface area contributed by atoms with Crippen molar-refractivity contribution < 1.29 is 9.53 Å². The molecule has 1 aliphatic carbocycles. The Labute approximate surface area is 134 Å². The largest absolute Gasteiger partial charge is 0.466 e. The molecule has 2 rings (SSSR count). The van der Waals surface area contributed by atoms with Crippen molar-refractivity contribution in [2.24, 2.45) is 17.6 Å². The highest BCUT2D eigenvalue weighted by molar-refractivity contribution is 5.69. The van der Waals surface area contributed by atoms with E-state index >= 15 is 0 Å². The molecule has 1 aromatic carbocycles. The molecule has 0 saturated heterocycles. The third-order valence-electron chi connectivity index (χ3n) is 4.77. The molecule has 3 heteroatoms. The Morgan fingerprint density at radius 3 is 2.27 bits per heavy atom. The Hall–Kier alpha value is -1.35. The maximum atomic E-state index is 11.4. The van der Waals surface area contributed by atoms with Crippen LogP contribution in [0.5, 0.6) is 0 Å². The van der Waals surface area contributed by atoms with Crippen LogP contribution in [0.3, 0.4) is 0 Å². The van der Waals surface area contributed by atoms with E-state index in [0.717, 1.165) is 24.8 Å².